The number of nitrogen functional groups attached to an aromatic ring is 4. The van der Waals surface area contributed by atoms with Crippen molar-refractivity contribution >= 4 is 22.7 Å². The lowest BCUT2D eigenvalue weighted by molar-refractivity contribution is -0.272. The predicted octanol–water partition coefficient (Wildman–Crippen LogP) is 5.29. The molecule has 48 heavy (non-hydrogen) atoms. The van der Waals surface area contributed by atoms with Crippen molar-refractivity contribution in [2.24, 2.45) is 23.7 Å². The van der Waals surface area contributed by atoms with E-state index in [9.17, 15) is 21.0 Å². The molecule has 10 rings (SSSR count). The van der Waals surface area contributed by atoms with Crippen LogP contribution in [0.4, 0.5) is 22.7 Å². The Kier molecular flexibility index (Phi) is 5.01. The first-order chi connectivity index (χ1) is 23.3. The van der Waals surface area contributed by atoms with Crippen LogP contribution >= 0.6 is 0 Å². The summed E-state index contributed by atoms with van der Waals surface area (Å²) in [6.45, 7) is 0. The van der Waals surface area contributed by atoms with Crippen LogP contribution in [0.2, 0.25) is 0 Å². The fourth-order valence-corrected chi connectivity index (χ4v) is 12.6. The molecule has 6 aliphatic rings. The Balaban J connectivity index is 1.59. The van der Waals surface area contributed by atoms with Crippen LogP contribution in [0.3, 0.4) is 0 Å². The largest absolute Gasteiger partial charge is 0.399 e. The number of nitrogens with zero attached hydrogens (tertiary/aromatic N) is 4. The van der Waals surface area contributed by atoms with Gasteiger partial charge in [0.1, 0.15) is 35.4 Å². The summed E-state index contributed by atoms with van der Waals surface area (Å²) < 4.78 is 0. The number of nitrogens with two attached hydrogens (primary N) is 4. The maximum absolute atomic E-state index is 10.6. The van der Waals surface area contributed by atoms with Crippen molar-refractivity contribution in [1.29, 1.82) is 21.0 Å². The fourth-order valence-electron chi connectivity index (χ4n) is 12.6. The van der Waals surface area contributed by atoms with Crippen LogP contribution in [0, 0.1) is 69.0 Å². The van der Waals surface area contributed by atoms with Gasteiger partial charge in [-0.05, 0) is 81.9 Å². The Labute approximate surface area is 277 Å². The van der Waals surface area contributed by atoms with E-state index in [2.05, 4.69) is 48.5 Å². The molecular formula is C40H28N8. The molecule has 228 valence electrons. The first-order valence-corrected chi connectivity index (χ1v) is 15.8. The lowest BCUT2D eigenvalue weighted by atomic mass is 9.11. The van der Waals surface area contributed by atoms with Gasteiger partial charge in [-0.15, -0.1) is 0 Å². The van der Waals surface area contributed by atoms with E-state index >= 15 is 0 Å². The van der Waals surface area contributed by atoms with E-state index in [-0.39, 0.29) is 34.8 Å². The average molecular weight is 621 g/mol. The average Bonchev–Trinajstić information content (AvgIpc) is 3.58. The molecule has 0 radical (unpaired) electrons. The summed E-state index contributed by atoms with van der Waals surface area (Å²) in [7, 11) is 0. The SMILES string of the molecule is N#CC(C#N)=C1[C@@H]2[C@H]3C(=C(C#N)C#N)[C@H]4[C@]2(c2cccc(N)c2)[C@@]2(c5cccc(N)c5)[C@@H]1[C@]3(c1cccc(N)c1)[C@@]42c1cccc(N)c1. The highest BCUT2D eigenvalue weighted by Gasteiger charge is 3.11. The minimum absolute atomic E-state index is 0.0679. The summed E-state index contributed by atoms with van der Waals surface area (Å²) in [6.07, 6.45) is 0. The molecular weight excluding hydrogens is 592 g/mol. The number of allylic oxidation sites excluding steroid dienone is 4. The number of nitriles is 4. The minimum atomic E-state index is -0.778. The second kappa shape index (κ2) is 8.65. The monoisotopic (exact) mass is 620 g/mol. The van der Waals surface area contributed by atoms with E-state index in [1.807, 2.05) is 72.8 Å². The summed E-state index contributed by atoms with van der Waals surface area (Å²) >= 11 is 0. The zero-order valence-electron chi connectivity index (χ0n) is 25.6. The number of benzene rings is 4. The molecule has 4 aromatic carbocycles. The first-order valence-electron chi connectivity index (χ1n) is 15.8. The first kappa shape index (κ1) is 27.8. The number of hydrogen-bond donors (Lipinski definition) is 4. The maximum atomic E-state index is 10.6. The van der Waals surface area contributed by atoms with Crippen LogP contribution in [0.25, 0.3) is 0 Å². The molecule has 4 bridgehead atoms. The standard InChI is InChI=1S/C40H28N8/c41-17-21(18-42)31-33-34-32(22(19-43)20-44)35-37(33,23-5-1-9-27(45)13-23)39(25-7-3-11-29(47)15-25)36(31)38(34,24-6-2-10-28(46)14-24)40(35,39)26-8-4-12-30(48)16-26/h1-16,33-36H,45-48H2/t33-,34-,35+,36+,37-,38-,39-,40-/m1/s1. The Morgan fingerprint density at radius 2 is 0.750 bits per heavy atom. The van der Waals surface area contributed by atoms with Gasteiger partial charge in [0.25, 0.3) is 0 Å². The number of hydrogen-bond acceptors (Lipinski definition) is 8. The van der Waals surface area contributed by atoms with E-state index in [1.54, 1.807) is 0 Å². The smallest absolute Gasteiger partial charge is 0.129 e. The quantitative estimate of drug-likeness (QED) is 0.174. The molecule has 8 N–H and O–H groups in total. The molecule has 0 unspecified atom stereocenters. The molecule has 4 aromatic rings. The van der Waals surface area contributed by atoms with Gasteiger partial charge in [-0.1, -0.05) is 48.5 Å². The molecule has 0 spiro atoms. The molecule has 0 aromatic heterocycles. The highest BCUT2D eigenvalue weighted by atomic mass is 15.1. The van der Waals surface area contributed by atoms with Crippen LogP contribution < -0.4 is 22.9 Å². The van der Waals surface area contributed by atoms with Crippen LogP contribution in [0.5, 0.6) is 0 Å². The molecule has 0 saturated heterocycles. The topological polar surface area (TPSA) is 199 Å². The van der Waals surface area contributed by atoms with Crippen molar-refractivity contribution in [3.63, 3.8) is 0 Å². The van der Waals surface area contributed by atoms with Crippen molar-refractivity contribution in [2.45, 2.75) is 21.7 Å². The third-order valence-corrected chi connectivity index (χ3v) is 12.7. The van der Waals surface area contributed by atoms with E-state index in [0.717, 1.165) is 33.4 Å². The summed E-state index contributed by atoms with van der Waals surface area (Å²) in [5.74, 6) is -1.54. The van der Waals surface area contributed by atoms with Gasteiger partial charge in [0, 0.05) is 68.1 Å². The van der Waals surface area contributed by atoms with Gasteiger partial charge in [0.2, 0.25) is 0 Å². The summed E-state index contributed by atoms with van der Waals surface area (Å²) in [5, 5.41) is 42.4. The van der Waals surface area contributed by atoms with E-state index in [0.29, 0.717) is 22.7 Å². The Bertz CT molecular complexity index is 2210. The molecule has 6 saturated carbocycles. The van der Waals surface area contributed by atoms with Crippen molar-refractivity contribution in [3.8, 4) is 24.3 Å². The highest BCUT2D eigenvalue weighted by molar-refractivity contribution is 5.88. The summed E-state index contributed by atoms with van der Waals surface area (Å²) in [5.41, 5.74) is 30.9. The van der Waals surface area contributed by atoms with Gasteiger partial charge in [0.05, 0.1) is 0 Å². The van der Waals surface area contributed by atoms with Gasteiger partial charge >= 0.3 is 0 Å². The molecule has 8 atom stereocenters. The Morgan fingerprint density at radius 3 is 1.04 bits per heavy atom. The minimum Gasteiger partial charge on any atom is -0.399 e. The molecule has 8 heteroatoms. The lowest BCUT2D eigenvalue weighted by Crippen LogP contribution is -2.95. The maximum Gasteiger partial charge on any atom is 0.129 e. The van der Waals surface area contributed by atoms with Crippen molar-refractivity contribution in [1.82, 2.24) is 0 Å². The van der Waals surface area contributed by atoms with Crippen molar-refractivity contribution < 1.29 is 0 Å². The highest BCUT2D eigenvalue weighted by Crippen LogP contribution is 3.08. The fraction of sp³-hybridized carbons (Fsp3) is 0.200. The zero-order valence-corrected chi connectivity index (χ0v) is 25.6. The van der Waals surface area contributed by atoms with E-state index < -0.39 is 21.7 Å². The lowest BCUT2D eigenvalue weighted by Gasteiger charge is -2.89. The van der Waals surface area contributed by atoms with Gasteiger partial charge < -0.3 is 22.9 Å². The third kappa shape index (κ3) is 2.39. The van der Waals surface area contributed by atoms with Crippen LogP contribution in [-0.4, -0.2) is 0 Å². The van der Waals surface area contributed by atoms with Crippen LogP contribution in [0.1, 0.15) is 22.3 Å². The Morgan fingerprint density at radius 1 is 0.458 bits per heavy atom. The molecule has 8 nitrogen and oxygen atoms in total. The molecule has 0 amide bonds. The van der Waals surface area contributed by atoms with Crippen LogP contribution in [-0.2, 0) is 21.7 Å². The van der Waals surface area contributed by atoms with Gasteiger partial charge in [-0.2, -0.15) is 21.0 Å². The number of rotatable bonds is 4. The van der Waals surface area contributed by atoms with E-state index in [4.69, 9.17) is 22.9 Å². The second-order valence-electron chi connectivity index (χ2n) is 13.8. The molecule has 6 fully saturated rings. The third-order valence-electron chi connectivity index (χ3n) is 12.7. The van der Waals surface area contributed by atoms with E-state index in [1.165, 1.54) is 0 Å². The molecule has 0 aliphatic heterocycles. The van der Waals surface area contributed by atoms with Crippen molar-refractivity contribution in [2.75, 3.05) is 22.9 Å². The zero-order chi connectivity index (χ0) is 33.4. The Hall–Kier alpha value is -6.48. The predicted molar refractivity (Wildman–Crippen MR) is 181 cm³/mol. The summed E-state index contributed by atoms with van der Waals surface area (Å²) in [4.78, 5) is 0. The molecule has 6 aliphatic carbocycles. The second-order valence-corrected chi connectivity index (χ2v) is 13.8. The molecule has 0 heterocycles. The number of anilines is 4. The van der Waals surface area contributed by atoms with Crippen molar-refractivity contribution in [3.05, 3.63) is 142 Å². The van der Waals surface area contributed by atoms with Gasteiger partial charge in [0.15, 0.2) is 0 Å². The normalized spacial score (nSPS) is 33.5. The van der Waals surface area contributed by atoms with Crippen LogP contribution in [0.15, 0.2) is 119 Å². The van der Waals surface area contributed by atoms with Gasteiger partial charge in [-0.3, -0.25) is 0 Å². The van der Waals surface area contributed by atoms with Gasteiger partial charge in [-0.25, -0.2) is 0 Å². The summed E-state index contributed by atoms with van der Waals surface area (Å²) in [6, 6.07) is 40.5.